The molecule has 3 aromatic carbocycles. The maximum atomic E-state index is 13.1. The largest absolute Gasteiger partial charge is 0.471 e. The van der Waals surface area contributed by atoms with Gasteiger partial charge in [0, 0.05) is 43.7 Å². The topological polar surface area (TPSA) is 91.3 Å². The van der Waals surface area contributed by atoms with Crippen molar-refractivity contribution >= 4 is 11.8 Å². The predicted octanol–water partition coefficient (Wildman–Crippen LogP) is 7.71. The van der Waals surface area contributed by atoms with Crippen molar-refractivity contribution in [2.75, 3.05) is 19.6 Å². The zero-order valence-corrected chi connectivity index (χ0v) is 31.6. The number of hydrogen-bond donors (Lipinski definition) is 2. The molecule has 2 amide bonds. The number of halogens is 3. The summed E-state index contributed by atoms with van der Waals surface area (Å²) >= 11 is 0. The van der Waals surface area contributed by atoms with Gasteiger partial charge in [0.25, 0.3) is 0 Å². The lowest BCUT2D eigenvalue weighted by Crippen LogP contribution is -2.50. The van der Waals surface area contributed by atoms with Crippen molar-refractivity contribution in [3.8, 4) is 11.1 Å². The number of rotatable bonds is 9. The SMILES string of the molecule is CC1C(CN2CC3(C)CC2CC(C)(C)C3)OC(c2cccc(-c3cccc(CNC(=O)C4CCCN4C(=O)C(F)(F)F)c3)c2)OC1c1ccc(CO)cc1. The Bertz CT molecular complexity index is 1830. The minimum absolute atomic E-state index is 0.0242. The van der Waals surface area contributed by atoms with Crippen molar-refractivity contribution < 1.29 is 37.3 Å². The van der Waals surface area contributed by atoms with Crippen LogP contribution >= 0.6 is 0 Å². The highest BCUT2D eigenvalue weighted by Gasteiger charge is 2.51. The quantitative estimate of drug-likeness (QED) is 0.233. The number of likely N-dealkylation sites (tertiary alicyclic amines) is 2. The second kappa shape index (κ2) is 15.0. The third kappa shape index (κ3) is 8.25. The molecule has 7 rings (SSSR count). The standard InChI is InChI=1S/C43H52F3N3O5/c1-27-36(23-48-26-42(4)21-34(48)20-41(2,3)25-42)53-39(54-37(27)30-15-13-28(24-50)14-16-30)33-11-6-10-32(19-33)31-9-5-8-29(18-31)22-47-38(51)35-12-7-17-49(35)40(52)43(44,45)46/h5-6,8-11,13-16,18-19,27,34-37,39,50H,7,12,17,20-26H2,1-4H3,(H,47,51). The molecule has 8 nitrogen and oxygen atoms in total. The van der Waals surface area contributed by atoms with Crippen molar-refractivity contribution in [3.05, 3.63) is 95.1 Å². The summed E-state index contributed by atoms with van der Waals surface area (Å²) in [6, 6.07) is 23.0. The van der Waals surface area contributed by atoms with E-state index < -0.39 is 30.3 Å². The minimum Gasteiger partial charge on any atom is -0.392 e. The highest BCUT2D eigenvalue weighted by atomic mass is 19.4. The van der Waals surface area contributed by atoms with E-state index >= 15 is 0 Å². The lowest BCUT2D eigenvalue weighted by Gasteiger charge is -2.43. The monoisotopic (exact) mass is 747 g/mol. The number of ether oxygens (including phenoxy) is 2. The number of benzene rings is 3. The average molecular weight is 748 g/mol. The first-order valence-corrected chi connectivity index (χ1v) is 19.2. The maximum Gasteiger partial charge on any atom is 0.471 e. The fraction of sp³-hybridized carbons (Fsp3) is 0.535. The third-order valence-corrected chi connectivity index (χ3v) is 12.0. The molecule has 7 atom stereocenters. The number of aliphatic hydroxyl groups is 1. The number of amides is 2. The van der Waals surface area contributed by atoms with E-state index in [2.05, 4.69) is 44.0 Å². The molecule has 1 aliphatic carbocycles. The molecule has 3 aromatic rings. The summed E-state index contributed by atoms with van der Waals surface area (Å²) in [6.45, 7) is 11.3. The van der Waals surface area contributed by atoms with Crippen LogP contribution in [0.15, 0.2) is 72.8 Å². The summed E-state index contributed by atoms with van der Waals surface area (Å²) in [5, 5.41) is 12.4. The molecule has 290 valence electrons. The Morgan fingerprint density at radius 2 is 1.65 bits per heavy atom. The van der Waals surface area contributed by atoms with E-state index in [4.69, 9.17) is 9.47 Å². The summed E-state index contributed by atoms with van der Waals surface area (Å²) in [5.74, 6) is -2.50. The summed E-state index contributed by atoms with van der Waals surface area (Å²) < 4.78 is 53.0. The highest BCUT2D eigenvalue weighted by molar-refractivity contribution is 5.90. The molecular formula is C43H52F3N3O5. The van der Waals surface area contributed by atoms with Gasteiger partial charge in [0.2, 0.25) is 5.91 Å². The van der Waals surface area contributed by atoms with Gasteiger partial charge in [0.15, 0.2) is 6.29 Å². The zero-order chi connectivity index (χ0) is 38.4. The van der Waals surface area contributed by atoms with Gasteiger partial charge in [-0.05, 0) is 82.9 Å². The number of aliphatic hydroxyl groups excluding tert-OH is 1. The molecule has 4 aliphatic rings. The highest BCUT2D eigenvalue weighted by Crippen LogP contribution is 2.53. The van der Waals surface area contributed by atoms with Gasteiger partial charge in [0.1, 0.15) is 6.04 Å². The van der Waals surface area contributed by atoms with Crippen LogP contribution < -0.4 is 5.32 Å². The average Bonchev–Trinajstić information content (AvgIpc) is 3.72. The summed E-state index contributed by atoms with van der Waals surface area (Å²) in [7, 11) is 0. The Morgan fingerprint density at radius 1 is 0.926 bits per heavy atom. The second-order valence-electron chi connectivity index (χ2n) is 17.2. The number of carbonyl (C=O) groups is 2. The molecule has 2 N–H and O–H groups in total. The maximum absolute atomic E-state index is 13.1. The molecule has 0 spiro atoms. The van der Waals surface area contributed by atoms with Crippen LogP contribution in [-0.2, 0) is 32.2 Å². The fourth-order valence-corrected chi connectivity index (χ4v) is 9.83. The zero-order valence-electron chi connectivity index (χ0n) is 31.6. The van der Waals surface area contributed by atoms with Crippen LogP contribution in [0.2, 0.25) is 0 Å². The molecule has 2 bridgehead atoms. The summed E-state index contributed by atoms with van der Waals surface area (Å²) in [6.07, 6.45) is -1.81. The molecule has 7 unspecified atom stereocenters. The van der Waals surface area contributed by atoms with Gasteiger partial charge in [-0.3, -0.25) is 14.5 Å². The normalized spacial score (nSPS) is 29.7. The van der Waals surface area contributed by atoms with Gasteiger partial charge in [-0.15, -0.1) is 0 Å². The van der Waals surface area contributed by atoms with Crippen LogP contribution in [0.3, 0.4) is 0 Å². The lowest BCUT2D eigenvalue weighted by atomic mass is 9.65. The van der Waals surface area contributed by atoms with Gasteiger partial charge >= 0.3 is 12.1 Å². The Kier molecular flexibility index (Phi) is 10.7. The van der Waals surface area contributed by atoms with E-state index in [0.717, 1.165) is 46.5 Å². The number of nitrogens with one attached hydrogen (secondary N) is 1. The Hall–Kier alpha value is -3.77. The van der Waals surface area contributed by atoms with Crippen molar-refractivity contribution in [1.29, 1.82) is 0 Å². The van der Waals surface area contributed by atoms with Crippen LogP contribution in [0.1, 0.15) is 94.4 Å². The van der Waals surface area contributed by atoms with Crippen molar-refractivity contribution in [2.24, 2.45) is 16.7 Å². The number of carbonyl (C=O) groups excluding carboxylic acids is 2. The predicted molar refractivity (Wildman–Crippen MR) is 199 cm³/mol. The Balaban J connectivity index is 1.09. The van der Waals surface area contributed by atoms with E-state index in [-0.39, 0.29) is 44.2 Å². The van der Waals surface area contributed by atoms with Gasteiger partial charge in [-0.2, -0.15) is 13.2 Å². The van der Waals surface area contributed by atoms with Crippen LogP contribution in [-0.4, -0.2) is 70.7 Å². The molecule has 54 heavy (non-hydrogen) atoms. The Labute approximate surface area is 316 Å². The van der Waals surface area contributed by atoms with E-state index in [9.17, 15) is 27.9 Å². The first kappa shape index (κ1) is 38.5. The smallest absolute Gasteiger partial charge is 0.392 e. The van der Waals surface area contributed by atoms with Gasteiger partial charge < -0.3 is 24.8 Å². The van der Waals surface area contributed by atoms with E-state index in [0.29, 0.717) is 28.2 Å². The van der Waals surface area contributed by atoms with Crippen LogP contribution in [0, 0.1) is 16.7 Å². The van der Waals surface area contributed by atoms with Crippen LogP contribution in [0.5, 0.6) is 0 Å². The molecule has 3 heterocycles. The number of nitrogens with zero attached hydrogens (tertiary/aromatic N) is 2. The van der Waals surface area contributed by atoms with Gasteiger partial charge in [-0.25, -0.2) is 0 Å². The van der Waals surface area contributed by atoms with Crippen molar-refractivity contribution in [1.82, 2.24) is 15.1 Å². The fourth-order valence-electron chi connectivity index (χ4n) is 9.83. The number of alkyl halides is 3. The third-order valence-electron chi connectivity index (χ3n) is 12.0. The molecule has 0 aromatic heterocycles. The van der Waals surface area contributed by atoms with E-state index in [1.54, 1.807) is 0 Å². The van der Waals surface area contributed by atoms with E-state index in [1.165, 1.54) is 19.3 Å². The van der Waals surface area contributed by atoms with Crippen LogP contribution in [0.4, 0.5) is 13.2 Å². The lowest BCUT2D eigenvalue weighted by molar-refractivity contribution is -0.276. The summed E-state index contributed by atoms with van der Waals surface area (Å²) in [4.78, 5) is 28.1. The number of fused-ring (bicyclic) bond motifs is 2. The molecule has 0 radical (unpaired) electrons. The first-order chi connectivity index (χ1) is 25.6. The van der Waals surface area contributed by atoms with Crippen molar-refractivity contribution in [2.45, 2.75) is 110 Å². The molecule has 3 saturated heterocycles. The molecule has 11 heteroatoms. The van der Waals surface area contributed by atoms with Gasteiger partial charge in [0.05, 0.1) is 18.8 Å². The molecule has 1 saturated carbocycles. The van der Waals surface area contributed by atoms with E-state index in [1.807, 2.05) is 66.7 Å². The second-order valence-corrected chi connectivity index (χ2v) is 17.2. The molecule has 3 aliphatic heterocycles. The molecular weight excluding hydrogens is 695 g/mol. The Morgan fingerprint density at radius 3 is 2.37 bits per heavy atom. The van der Waals surface area contributed by atoms with Crippen LogP contribution in [0.25, 0.3) is 11.1 Å². The van der Waals surface area contributed by atoms with Crippen molar-refractivity contribution in [3.63, 3.8) is 0 Å². The minimum atomic E-state index is -5.02. The summed E-state index contributed by atoms with van der Waals surface area (Å²) in [5.41, 5.74) is 5.97. The first-order valence-electron chi connectivity index (χ1n) is 19.2. The molecule has 4 fully saturated rings. The van der Waals surface area contributed by atoms with Gasteiger partial charge in [-0.1, -0.05) is 88.4 Å². The number of hydrogen-bond acceptors (Lipinski definition) is 6.